The highest BCUT2D eigenvalue weighted by Gasteiger charge is 2.11. The van der Waals surface area contributed by atoms with Crippen LogP contribution in [0.25, 0.3) is 0 Å². The van der Waals surface area contributed by atoms with Crippen LogP contribution in [0.1, 0.15) is 29.8 Å². The van der Waals surface area contributed by atoms with E-state index in [1.165, 1.54) is 0 Å². The summed E-state index contributed by atoms with van der Waals surface area (Å²) in [6.45, 7) is 7.55. The standard InChI is InChI=1S/C16H22N4O/c1-4-17-15-7-6-14(10-12(15)2)16(21)19-13(3)11-20-9-5-8-18-20/h5-10,13,17H,4,11H2,1-3H3,(H,19,21). The number of benzene rings is 1. The van der Waals surface area contributed by atoms with Gasteiger partial charge < -0.3 is 10.6 Å². The van der Waals surface area contributed by atoms with Gasteiger partial charge in [0.1, 0.15) is 0 Å². The predicted molar refractivity (Wildman–Crippen MR) is 84.5 cm³/mol. The summed E-state index contributed by atoms with van der Waals surface area (Å²) in [5.41, 5.74) is 2.82. The molecule has 0 radical (unpaired) electrons. The third kappa shape index (κ3) is 4.08. The van der Waals surface area contributed by atoms with E-state index in [9.17, 15) is 4.79 Å². The Morgan fingerprint density at radius 1 is 1.43 bits per heavy atom. The van der Waals surface area contributed by atoms with E-state index in [2.05, 4.69) is 22.7 Å². The van der Waals surface area contributed by atoms with Gasteiger partial charge in [-0.05, 0) is 50.6 Å². The summed E-state index contributed by atoms with van der Waals surface area (Å²) in [5, 5.41) is 10.4. The van der Waals surface area contributed by atoms with E-state index in [-0.39, 0.29) is 11.9 Å². The summed E-state index contributed by atoms with van der Waals surface area (Å²) >= 11 is 0. The average molecular weight is 286 g/mol. The maximum atomic E-state index is 12.2. The molecule has 1 atom stereocenters. The molecule has 1 unspecified atom stereocenters. The first-order valence-electron chi connectivity index (χ1n) is 7.23. The van der Waals surface area contributed by atoms with E-state index in [1.807, 2.05) is 49.0 Å². The number of nitrogens with zero attached hydrogens (tertiary/aromatic N) is 2. The summed E-state index contributed by atoms with van der Waals surface area (Å²) in [6.07, 6.45) is 3.62. The minimum Gasteiger partial charge on any atom is -0.385 e. The third-order valence-electron chi connectivity index (χ3n) is 3.25. The van der Waals surface area contributed by atoms with Gasteiger partial charge in [0.05, 0.1) is 6.54 Å². The fourth-order valence-corrected chi connectivity index (χ4v) is 2.24. The highest BCUT2D eigenvalue weighted by molar-refractivity contribution is 5.95. The van der Waals surface area contributed by atoms with Crippen molar-refractivity contribution < 1.29 is 4.79 Å². The van der Waals surface area contributed by atoms with Gasteiger partial charge in [0, 0.05) is 36.2 Å². The molecule has 0 saturated carbocycles. The quantitative estimate of drug-likeness (QED) is 0.857. The first-order valence-corrected chi connectivity index (χ1v) is 7.23. The summed E-state index contributed by atoms with van der Waals surface area (Å²) in [4.78, 5) is 12.2. The van der Waals surface area contributed by atoms with Gasteiger partial charge in [0.25, 0.3) is 5.91 Å². The van der Waals surface area contributed by atoms with Crippen LogP contribution < -0.4 is 10.6 Å². The number of nitrogens with one attached hydrogen (secondary N) is 2. The smallest absolute Gasteiger partial charge is 0.251 e. The number of anilines is 1. The van der Waals surface area contributed by atoms with Crippen molar-refractivity contribution in [2.45, 2.75) is 33.4 Å². The zero-order valence-corrected chi connectivity index (χ0v) is 12.8. The van der Waals surface area contributed by atoms with E-state index < -0.39 is 0 Å². The van der Waals surface area contributed by atoms with E-state index >= 15 is 0 Å². The second-order valence-corrected chi connectivity index (χ2v) is 5.16. The van der Waals surface area contributed by atoms with Gasteiger partial charge in [-0.25, -0.2) is 0 Å². The lowest BCUT2D eigenvalue weighted by Gasteiger charge is -2.15. The SMILES string of the molecule is CCNc1ccc(C(=O)NC(C)Cn2cccn2)cc1C. The molecule has 2 aromatic rings. The van der Waals surface area contributed by atoms with Crippen molar-refractivity contribution in [1.82, 2.24) is 15.1 Å². The molecule has 1 aromatic heterocycles. The number of carbonyl (C=O) groups excluding carboxylic acids is 1. The number of rotatable bonds is 6. The molecule has 0 aliphatic heterocycles. The van der Waals surface area contributed by atoms with Crippen molar-refractivity contribution in [3.8, 4) is 0 Å². The molecule has 0 spiro atoms. The summed E-state index contributed by atoms with van der Waals surface area (Å²) in [5.74, 6) is -0.0548. The molecular formula is C16H22N4O. The maximum absolute atomic E-state index is 12.2. The minimum atomic E-state index is -0.0548. The first kappa shape index (κ1) is 15.1. The molecule has 1 aromatic carbocycles. The lowest BCUT2D eigenvalue weighted by Crippen LogP contribution is -2.35. The molecule has 1 amide bonds. The molecule has 2 N–H and O–H groups in total. The zero-order valence-electron chi connectivity index (χ0n) is 12.8. The molecule has 112 valence electrons. The lowest BCUT2D eigenvalue weighted by atomic mass is 10.1. The average Bonchev–Trinajstić information content (AvgIpc) is 2.93. The van der Waals surface area contributed by atoms with E-state index in [4.69, 9.17) is 0 Å². The molecule has 0 bridgehead atoms. The number of hydrogen-bond donors (Lipinski definition) is 2. The van der Waals surface area contributed by atoms with Crippen LogP contribution in [0.15, 0.2) is 36.7 Å². The number of aryl methyl sites for hydroxylation is 1. The van der Waals surface area contributed by atoms with Crippen molar-refractivity contribution in [3.05, 3.63) is 47.8 Å². The minimum absolute atomic E-state index is 0.0196. The molecule has 2 rings (SSSR count). The molecule has 0 saturated heterocycles. The molecule has 21 heavy (non-hydrogen) atoms. The Bertz CT molecular complexity index is 592. The second kappa shape index (κ2) is 6.92. The van der Waals surface area contributed by atoms with Gasteiger partial charge >= 0.3 is 0 Å². The second-order valence-electron chi connectivity index (χ2n) is 5.16. The molecular weight excluding hydrogens is 264 g/mol. The van der Waals surface area contributed by atoms with Crippen molar-refractivity contribution in [2.24, 2.45) is 0 Å². The Kier molecular flexibility index (Phi) is 4.98. The Hall–Kier alpha value is -2.30. The molecule has 5 heteroatoms. The summed E-state index contributed by atoms with van der Waals surface area (Å²) in [7, 11) is 0. The van der Waals surface area contributed by atoms with Gasteiger partial charge in [-0.3, -0.25) is 9.48 Å². The Labute approximate surface area is 125 Å². The van der Waals surface area contributed by atoms with Crippen molar-refractivity contribution in [2.75, 3.05) is 11.9 Å². The largest absolute Gasteiger partial charge is 0.385 e. The third-order valence-corrected chi connectivity index (χ3v) is 3.25. The predicted octanol–water partition coefficient (Wildman–Crippen LogP) is 2.44. The maximum Gasteiger partial charge on any atom is 0.251 e. The fourth-order valence-electron chi connectivity index (χ4n) is 2.24. The van der Waals surface area contributed by atoms with Gasteiger partial charge in [0.15, 0.2) is 0 Å². The van der Waals surface area contributed by atoms with Gasteiger partial charge in [0.2, 0.25) is 0 Å². The lowest BCUT2D eigenvalue weighted by molar-refractivity contribution is 0.0936. The zero-order chi connectivity index (χ0) is 15.2. The normalized spacial score (nSPS) is 12.0. The van der Waals surface area contributed by atoms with Crippen LogP contribution in [-0.2, 0) is 6.54 Å². The molecule has 5 nitrogen and oxygen atoms in total. The summed E-state index contributed by atoms with van der Waals surface area (Å²) in [6, 6.07) is 7.60. The van der Waals surface area contributed by atoms with Crippen LogP contribution in [0.4, 0.5) is 5.69 Å². The molecule has 0 aliphatic rings. The van der Waals surface area contributed by atoms with Crippen LogP contribution in [0.3, 0.4) is 0 Å². The number of aromatic nitrogens is 2. The number of carbonyl (C=O) groups is 1. The topological polar surface area (TPSA) is 59.0 Å². The first-order chi connectivity index (χ1) is 10.1. The Balaban J connectivity index is 1.98. The van der Waals surface area contributed by atoms with Gasteiger partial charge in [-0.1, -0.05) is 0 Å². The van der Waals surface area contributed by atoms with Gasteiger partial charge in [-0.2, -0.15) is 5.10 Å². The van der Waals surface area contributed by atoms with Crippen LogP contribution in [0.2, 0.25) is 0 Å². The molecule has 1 heterocycles. The number of amides is 1. The highest BCUT2D eigenvalue weighted by atomic mass is 16.1. The molecule has 0 aliphatic carbocycles. The van der Waals surface area contributed by atoms with E-state index in [0.29, 0.717) is 12.1 Å². The Morgan fingerprint density at radius 2 is 2.24 bits per heavy atom. The summed E-state index contributed by atoms with van der Waals surface area (Å²) < 4.78 is 1.81. The Morgan fingerprint density at radius 3 is 2.86 bits per heavy atom. The van der Waals surface area contributed by atoms with Crippen molar-refractivity contribution >= 4 is 11.6 Å². The fraction of sp³-hybridized carbons (Fsp3) is 0.375. The van der Waals surface area contributed by atoms with Crippen molar-refractivity contribution in [1.29, 1.82) is 0 Å². The number of hydrogen-bond acceptors (Lipinski definition) is 3. The monoisotopic (exact) mass is 286 g/mol. The van der Waals surface area contributed by atoms with Crippen LogP contribution >= 0.6 is 0 Å². The van der Waals surface area contributed by atoms with Crippen LogP contribution in [0, 0.1) is 6.92 Å². The van der Waals surface area contributed by atoms with E-state index in [1.54, 1.807) is 6.20 Å². The molecule has 0 fully saturated rings. The van der Waals surface area contributed by atoms with Crippen molar-refractivity contribution in [3.63, 3.8) is 0 Å². The highest BCUT2D eigenvalue weighted by Crippen LogP contribution is 2.16. The van der Waals surface area contributed by atoms with Gasteiger partial charge in [-0.15, -0.1) is 0 Å². The van der Waals surface area contributed by atoms with Crippen LogP contribution in [-0.4, -0.2) is 28.3 Å². The van der Waals surface area contributed by atoms with Crippen LogP contribution in [0.5, 0.6) is 0 Å². The van der Waals surface area contributed by atoms with E-state index in [0.717, 1.165) is 17.8 Å².